The molecule has 1 amide bonds. The van der Waals surface area contributed by atoms with Crippen molar-refractivity contribution in [2.75, 3.05) is 17.7 Å². The van der Waals surface area contributed by atoms with Crippen LogP contribution in [-0.4, -0.2) is 44.0 Å². The second-order valence-corrected chi connectivity index (χ2v) is 9.36. The lowest BCUT2D eigenvalue weighted by Crippen LogP contribution is -2.24. The van der Waals surface area contributed by atoms with Crippen molar-refractivity contribution < 1.29 is 30.7 Å². The van der Waals surface area contributed by atoms with Gasteiger partial charge in [-0.15, -0.1) is 0 Å². The summed E-state index contributed by atoms with van der Waals surface area (Å²) in [6.07, 6.45) is 2.50. The molecule has 0 radical (unpaired) electrons. The first-order valence-electron chi connectivity index (χ1n) is 8.49. The third kappa shape index (κ3) is 6.83. The lowest BCUT2D eigenvalue weighted by molar-refractivity contribution is -0.114. The molecule has 2 rings (SSSR count). The maximum absolute atomic E-state index is 11.8. The molecular formula is C18H19N3O7S3. The van der Waals surface area contributed by atoms with E-state index in [1.165, 1.54) is 43.3 Å². The molecule has 0 saturated heterocycles. The maximum Gasteiger partial charge on any atom is 0.295 e. The standard InChI is InChI=1S/C18H19N3O7S3/c1-11(22)20-14-7-5-12(16(9-14)30(23,24)25)3-4-13-6-8-15(21-18(29)19-2)10-17(13)31(26,27)28/h3-10H,1-2H3,(H,20,22)(H2,19,21,29)(H,23,24,25)(H,26,27,28)/b4-3+. The Labute approximate surface area is 184 Å². The molecule has 0 aromatic heterocycles. The van der Waals surface area contributed by atoms with E-state index in [1.54, 1.807) is 7.05 Å². The topological polar surface area (TPSA) is 162 Å². The third-order valence-corrected chi connectivity index (χ3v) is 5.96. The molecule has 0 fully saturated rings. The van der Waals surface area contributed by atoms with Gasteiger partial charge >= 0.3 is 0 Å². The zero-order valence-corrected chi connectivity index (χ0v) is 18.7. The van der Waals surface area contributed by atoms with E-state index in [0.29, 0.717) is 5.69 Å². The van der Waals surface area contributed by atoms with Crippen LogP contribution in [0.15, 0.2) is 46.2 Å². The van der Waals surface area contributed by atoms with Crippen molar-refractivity contribution in [3.63, 3.8) is 0 Å². The summed E-state index contributed by atoms with van der Waals surface area (Å²) < 4.78 is 66.2. The number of carbonyl (C=O) groups is 1. The van der Waals surface area contributed by atoms with Gasteiger partial charge in [0.15, 0.2) is 5.11 Å². The molecule has 10 nitrogen and oxygen atoms in total. The van der Waals surface area contributed by atoms with E-state index in [1.807, 2.05) is 0 Å². The Balaban J connectivity index is 2.54. The van der Waals surface area contributed by atoms with Crippen LogP contribution in [0.1, 0.15) is 18.1 Å². The van der Waals surface area contributed by atoms with Crippen LogP contribution in [0.5, 0.6) is 0 Å². The lowest BCUT2D eigenvalue weighted by Gasteiger charge is -2.10. The molecule has 0 bridgehead atoms. The predicted molar refractivity (Wildman–Crippen MR) is 121 cm³/mol. The molecule has 5 N–H and O–H groups in total. The summed E-state index contributed by atoms with van der Waals surface area (Å²) in [5.41, 5.74) is 0.515. The minimum absolute atomic E-state index is 0.0245. The molecule has 0 saturated carbocycles. The van der Waals surface area contributed by atoms with Crippen LogP contribution in [0, 0.1) is 0 Å². The van der Waals surface area contributed by atoms with Crippen LogP contribution >= 0.6 is 12.2 Å². The predicted octanol–water partition coefficient (Wildman–Crippen LogP) is 2.23. The van der Waals surface area contributed by atoms with Gasteiger partial charge in [0.05, 0.1) is 0 Å². The molecule has 0 aliphatic carbocycles. The average Bonchev–Trinajstić information content (AvgIpc) is 2.65. The Morgan fingerprint density at radius 1 is 0.871 bits per heavy atom. The molecule has 0 spiro atoms. The highest BCUT2D eigenvalue weighted by atomic mass is 32.2. The minimum Gasteiger partial charge on any atom is -0.366 e. The van der Waals surface area contributed by atoms with E-state index in [4.69, 9.17) is 12.2 Å². The van der Waals surface area contributed by atoms with Gasteiger partial charge in [0.25, 0.3) is 20.2 Å². The van der Waals surface area contributed by atoms with Crippen molar-refractivity contribution >= 4 is 67.0 Å². The van der Waals surface area contributed by atoms with Gasteiger partial charge in [-0.2, -0.15) is 16.8 Å². The summed E-state index contributed by atoms with van der Waals surface area (Å²) in [4.78, 5) is 10.2. The minimum atomic E-state index is -4.66. The highest BCUT2D eigenvalue weighted by molar-refractivity contribution is 7.86. The van der Waals surface area contributed by atoms with Crippen LogP contribution in [-0.2, 0) is 25.0 Å². The molecule has 2 aromatic carbocycles. The number of carbonyl (C=O) groups excluding carboxylic acids is 1. The van der Waals surface area contributed by atoms with Crippen molar-refractivity contribution in [1.82, 2.24) is 5.32 Å². The van der Waals surface area contributed by atoms with Gasteiger partial charge in [-0.3, -0.25) is 13.9 Å². The number of rotatable bonds is 6. The van der Waals surface area contributed by atoms with E-state index in [0.717, 1.165) is 12.1 Å². The Bertz CT molecular complexity index is 1270. The van der Waals surface area contributed by atoms with Crippen molar-refractivity contribution in [1.29, 1.82) is 0 Å². The molecule has 0 aliphatic rings. The second-order valence-electron chi connectivity index (χ2n) is 6.17. The fourth-order valence-electron chi connectivity index (χ4n) is 2.52. The Kier molecular flexibility index (Phi) is 7.51. The number of hydrogen-bond donors (Lipinski definition) is 5. The molecule has 2 aromatic rings. The number of nitrogens with one attached hydrogen (secondary N) is 3. The van der Waals surface area contributed by atoms with Crippen molar-refractivity contribution in [3.8, 4) is 0 Å². The largest absolute Gasteiger partial charge is 0.366 e. The highest BCUT2D eigenvalue weighted by Gasteiger charge is 2.17. The van der Waals surface area contributed by atoms with Gasteiger partial charge in [0.2, 0.25) is 5.91 Å². The van der Waals surface area contributed by atoms with Gasteiger partial charge < -0.3 is 16.0 Å². The molecule has 0 atom stereocenters. The highest BCUT2D eigenvalue weighted by Crippen LogP contribution is 2.26. The van der Waals surface area contributed by atoms with Gasteiger partial charge in [-0.25, -0.2) is 0 Å². The summed E-state index contributed by atoms with van der Waals surface area (Å²) in [6, 6.07) is 7.82. The number of benzene rings is 2. The Morgan fingerprint density at radius 2 is 1.29 bits per heavy atom. The quantitative estimate of drug-likeness (QED) is 0.233. The lowest BCUT2D eigenvalue weighted by atomic mass is 10.1. The van der Waals surface area contributed by atoms with Crippen molar-refractivity contribution in [3.05, 3.63) is 47.5 Å². The first kappa shape index (κ1) is 24.4. The van der Waals surface area contributed by atoms with Crippen LogP contribution in [0.3, 0.4) is 0 Å². The summed E-state index contributed by atoms with van der Waals surface area (Å²) in [6.45, 7) is 1.24. The number of hydrogen-bond acceptors (Lipinski definition) is 6. The zero-order valence-electron chi connectivity index (χ0n) is 16.3. The van der Waals surface area contributed by atoms with E-state index in [-0.39, 0.29) is 21.9 Å². The second kappa shape index (κ2) is 9.53. The molecule has 166 valence electrons. The maximum atomic E-state index is 11.8. The van der Waals surface area contributed by atoms with Gasteiger partial charge in [-0.1, -0.05) is 24.3 Å². The smallest absolute Gasteiger partial charge is 0.295 e. The number of thiocarbonyl (C=S) groups is 1. The van der Waals surface area contributed by atoms with E-state index in [2.05, 4.69) is 16.0 Å². The first-order chi connectivity index (χ1) is 14.3. The SMILES string of the molecule is CNC(=S)Nc1ccc(/C=C/c2ccc(NC(C)=O)cc2S(=O)(=O)O)c(S(=O)(=O)O)c1. The van der Waals surface area contributed by atoms with Gasteiger partial charge in [0.1, 0.15) is 9.79 Å². The Hall–Kier alpha value is -2.84. The fourth-order valence-corrected chi connectivity index (χ4v) is 4.06. The van der Waals surface area contributed by atoms with Crippen LogP contribution in [0.25, 0.3) is 12.2 Å². The normalized spacial score (nSPS) is 11.9. The molecular weight excluding hydrogens is 466 g/mol. The van der Waals surface area contributed by atoms with E-state index < -0.39 is 35.9 Å². The van der Waals surface area contributed by atoms with Crippen molar-refractivity contribution in [2.45, 2.75) is 16.7 Å². The van der Waals surface area contributed by atoms with Gasteiger partial charge in [-0.05, 0) is 47.6 Å². The van der Waals surface area contributed by atoms with Crippen molar-refractivity contribution in [2.24, 2.45) is 0 Å². The average molecular weight is 486 g/mol. The van der Waals surface area contributed by atoms with Crippen LogP contribution in [0.4, 0.5) is 11.4 Å². The fraction of sp³-hybridized carbons (Fsp3) is 0.111. The molecule has 0 heterocycles. The summed E-state index contributed by atoms with van der Waals surface area (Å²) in [7, 11) is -7.72. The van der Waals surface area contributed by atoms with Crippen LogP contribution in [0.2, 0.25) is 0 Å². The summed E-state index contributed by atoms with van der Waals surface area (Å²) in [5, 5.41) is 8.01. The molecule has 13 heteroatoms. The summed E-state index contributed by atoms with van der Waals surface area (Å²) in [5.74, 6) is -0.436. The molecule has 0 aliphatic heterocycles. The third-order valence-electron chi connectivity index (χ3n) is 3.83. The molecule has 31 heavy (non-hydrogen) atoms. The van der Waals surface area contributed by atoms with Gasteiger partial charge in [0, 0.05) is 25.3 Å². The Morgan fingerprint density at radius 3 is 1.65 bits per heavy atom. The van der Waals surface area contributed by atoms with Crippen LogP contribution < -0.4 is 16.0 Å². The number of amides is 1. The van der Waals surface area contributed by atoms with E-state index in [9.17, 15) is 30.7 Å². The van der Waals surface area contributed by atoms with E-state index >= 15 is 0 Å². The molecule has 0 unspecified atom stereocenters. The zero-order chi connectivity index (χ0) is 23.4. The first-order valence-corrected chi connectivity index (χ1v) is 11.8. The summed E-state index contributed by atoms with van der Waals surface area (Å²) >= 11 is 4.95. The number of anilines is 2. The monoisotopic (exact) mass is 485 g/mol.